The molecule has 64 valence electrons. The van der Waals surface area contributed by atoms with E-state index >= 15 is 0 Å². The molecule has 1 aliphatic rings. The average molecular weight is 156 g/mol. The van der Waals surface area contributed by atoms with Crippen molar-refractivity contribution in [3.63, 3.8) is 0 Å². The van der Waals surface area contributed by atoms with Gasteiger partial charge < -0.3 is 4.74 Å². The monoisotopic (exact) mass is 156 g/mol. The Bertz CT molecular complexity index is 138. The molecule has 0 bridgehead atoms. The molecule has 0 spiro atoms. The van der Waals surface area contributed by atoms with E-state index in [0.717, 1.165) is 12.3 Å². The summed E-state index contributed by atoms with van der Waals surface area (Å²) in [5.41, 5.74) is 0. The van der Waals surface area contributed by atoms with Crippen LogP contribution in [0.3, 0.4) is 0 Å². The summed E-state index contributed by atoms with van der Waals surface area (Å²) in [5, 5.41) is 0. The Morgan fingerprint density at radius 2 is 2.27 bits per heavy atom. The first-order valence-electron chi connectivity index (χ1n) is 4.40. The van der Waals surface area contributed by atoms with Crippen molar-refractivity contribution in [2.45, 2.75) is 33.1 Å². The first kappa shape index (κ1) is 8.57. The summed E-state index contributed by atoms with van der Waals surface area (Å²) in [7, 11) is 0. The Hall–Kier alpha value is -0.530. The van der Waals surface area contributed by atoms with Crippen LogP contribution >= 0.6 is 0 Å². The van der Waals surface area contributed by atoms with E-state index in [1.165, 1.54) is 12.8 Å². The van der Waals surface area contributed by atoms with Gasteiger partial charge in [0.15, 0.2) is 0 Å². The first-order chi connectivity index (χ1) is 5.24. The van der Waals surface area contributed by atoms with Crippen molar-refractivity contribution in [2.75, 3.05) is 6.61 Å². The van der Waals surface area contributed by atoms with Crippen molar-refractivity contribution in [3.05, 3.63) is 0 Å². The molecule has 0 radical (unpaired) electrons. The number of carbonyl (C=O) groups is 1. The van der Waals surface area contributed by atoms with Gasteiger partial charge in [0.2, 0.25) is 0 Å². The first-order valence-corrected chi connectivity index (χ1v) is 4.40. The van der Waals surface area contributed by atoms with Gasteiger partial charge in [0.1, 0.15) is 0 Å². The summed E-state index contributed by atoms with van der Waals surface area (Å²) < 4.78 is 4.89. The van der Waals surface area contributed by atoms with Crippen molar-refractivity contribution >= 4 is 5.97 Å². The molecule has 1 rings (SSSR count). The third kappa shape index (κ3) is 2.91. The minimum atomic E-state index is -0.0283. The lowest BCUT2D eigenvalue weighted by atomic mass is 10.1. The van der Waals surface area contributed by atoms with E-state index in [4.69, 9.17) is 4.74 Å². The molecular formula is C9H16O2. The normalized spacial score (nSPS) is 19.5. The molecule has 0 saturated heterocycles. The fourth-order valence-electron chi connectivity index (χ4n) is 1.23. The number of carbonyl (C=O) groups excluding carboxylic acids is 1. The van der Waals surface area contributed by atoms with Crippen LogP contribution in [0.4, 0.5) is 0 Å². The lowest BCUT2D eigenvalue weighted by Gasteiger charge is -2.08. The molecule has 1 unspecified atom stereocenters. The highest BCUT2D eigenvalue weighted by Gasteiger charge is 2.26. The lowest BCUT2D eigenvalue weighted by Crippen LogP contribution is -2.14. The van der Waals surface area contributed by atoms with Crippen molar-refractivity contribution in [1.82, 2.24) is 0 Å². The van der Waals surface area contributed by atoms with Crippen LogP contribution in [-0.4, -0.2) is 12.6 Å². The van der Waals surface area contributed by atoms with Crippen LogP contribution in [-0.2, 0) is 9.53 Å². The van der Waals surface area contributed by atoms with Gasteiger partial charge in [0.25, 0.3) is 0 Å². The number of ether oxygens (including phenoxy) is 1. The second-order valence-corrected chi connectivity index (χ2v) is 3.33. The summed E-state index contributed by atoms with van der Waals surface area (Å²) in [5.74, 6) is 0.899. The van der Waals surface area contributed by atoms with E-state index in [1.54, 1.807) is 0 Å². The Labute approximate surface area is 67.9 Å². The average Bonchev–Trinajstić information content (AvgIpc) is 2.72. The van der Waals surface area contributed by atoms with Gasteiger partial charge in [-0.3, -0.25) is 4.79 Å². The molecule has 1 aliphatic carbocycles. The zero-order valence-corrected chi connectivity index (χ0v) is 7.30. The van der Waals surface area contributed by atoms with Crippen molar-refractivity contribution < 1.29 is 9.53 Å². The SMILES string of the molecule is CCOC(=O)C(C)CC1CC1. The summed E-state index contributed by atoms with van der Waals surface area (Å²) >= 11 is 0. The van der Waals surface area contributed by atoms with Crippen molar-refractivity contribution in [2.24, 2.45) is 11.8 Å². The standard InChI is InChI=1S/C9H16O2/c1-3-11-9(10)7(2)6-8-4-5-8/h7-8H,3-6H2,1-2H3. The fourth-order valence-corrected chi connectivity index (χ4v) is 1.23. The molecule has 0 N–H and O–H groups in total. The maximum atomic E-state index is 11.1. The molecule has 2 nitrogen and oxygen atoms in total. The van der Waals surface area contributed by atoms with Crippen LogP contribution in [0.25, 0.3) is 0 Å². The topological polar surface area (TPSA) is 26.3 Å². The molecule has 0 aliphatic heterocycles. The molecule has 0 amide bonds. The van der Waals surface area contributed by atoms with Crippen LogP contribution in [0.1, 0.15) is 33.1 Å². The molecule has 11 heavy (non-hydrogen) atoms. The van der Waals surface area contributed by atoms with Gasteiger partial charge in [-0.25, -0.2) is 0 Å². The van der Waals surface area contributed by atoms with E-state index < -0.39 is 0 Å². The van der Waals surface area contributed by atoms with Gasteiger partial charge in [-0.2, -0.15) is 0 Å². The molecule has 0 aromatic heterocycles. The van der Waals surface area contributed by atoms with Gasteiger partial charge in [0.05, 0.1) is 12.5 Å². The highest BCUT2D eigenvalue weighted by Crippen LogP contribution is 2.35. The maximum Gasteiger partial charge on any atom is 0.308 e. The molecule has 1 saturated carbocycles. The van der Waals surface area contributed by atoms with Gasteiger partial charge in [-0.15, -0.1) is 0 Å². The van der Waals surface area contributed by atoms with Crippen LogP contribution in [0.15, 0.2) is 0 Å². The number of hydrogen-bond donors (Lipinski definition) is 0. The van der Waals surface area contributed by atoms with Crippen LogP contribution < -0.4 is 0 Å². The maximum absolute atomic E-state index is 11.1. The van der Waals surface area contributed by atoms with E-state index in [2.05, 4.69) is 0 Å². The van der Waals surface area contributed by atoms with E-state index in [0.29, 0.717) is 6.61 Å². The van der Waals surface area contributed by atoms with Gasteiger partial charge in [0, 0.05) is 0 Å². The molecule has 2 heteroatoms. The van der Waals surface area contributed by atoms with Gasteiger partial charge in [-0.05, 0) is 19.3 Å². The molecule has 0 aromatic rings. The number of rotatable bonds is 4. The Morgan fingerprint density at radius 3 is 2.73 bits per heavy atom. The third-order valence-electron chi connectivity index (χ3n) is 2.07. The van der Waals surface area contributed by atoms with Crippen LogP contribution in [0.5, 0.6) is 0 Å². The van der Waals surface area contributed by atoms with Crippen LogP contribution in [0, 0.1) is 11.8 Å². The molecular weight excluding hydrogens is 140 g/mol. The summed E-state index contributed by atoms with van der Waals surface area (Å²) in [6, 6.07) is 0. The fraction of sp³-hybridized carbons (Fsp3) is 0.889. The smallest absolute Gasteiger partial charge is 0.308 e. The highest BCUT2D eigenvalue weighted by atomic mass is 16.5. The van der Waals surface area contributed by atoms with Crippen molar-refractivity contribution in [1.29, 1.82) is 0 Å². The minimum absolute atomic E-state index is 0.0283. The van der Waals surface area contributed by atoms with Gasteiger partial charge >= 0.3 is 5.97 Å². The van der Waals surface area contributed by atoms with Crippen molar-refractivity contribution in [3.8, 4) is 0 Å². The van der Waals surface area contributed by atoms with E-state index in [1.807, 2.05) is 13.8 Å². The molecule has 1 fully saturated rings. The highest BCUT2D eigenvalue weighted by molar-refractivity contribution is 5.71. The number of hydrogen-bond acceptors (Lipinski definition) is 2. The largest absolute Gasteiger partial charge is 0.466 e. The summed E-state index contributed by atoms with van der Waals surface area (Å²) in [6.07, 6.45) is 3.65. The summed E-state index contributed by atoms with van der Waals surface area (Å²) in [6.45, 7) is 4.31. The second-order valence-electron chi connectivity index (χ2n) is 3.33. The molecule has 0 heterocycles. The summed E-state index contributed by atoms with van der Waals surface area (Å²) in [4.78, 5) is 11.1. The quantitative estimate of drug-likeness (QED) is 0.582. The number of esters is 1. The van der Waals surface area contributed by atoms with Crippen LogP contribution in [0.2, 0.25) is 0 Å². The minimum Gasteiger partial charge on any atom is -0.466 e. The zero-order valence-electron chi connectivity index (χ0n) is 7.30. The van der Waals surface area contributed by atoms with Gasteiger partial charge in [-0.1, -0.05) is 19.8 Å². The zero-order chi connectivity index (χ0) is 8.27. The molecule has 1 atom stereocenters. The second kappa shape index (κ2) is 3.74. The Morgan fingerprint density at radius 1 is 1.64 bits per heavy atom. The molecule has 0 aromatic carbocycles. The third-order valence-corrected chi connectivity index (χ3v) is 2.07. The van der Waals surface area contributed by atoms with E-state index in [-0.39, 0.29) is 11.9 Å². The predicted octanol–water partition coefficient (Wildman–Crippen LogP) is 1.99. The predicted molar refractivity (Wildman–Crippen MR) is 43.1 cm³/mol. The lowest BCUT2D eigenvalue weighted by molar-refractivity contribution is -0.147. The van der Waals surface area contributed by atoms with E-state index in [9.17, 15) is 4.79 Å². The Balaban J connectivity index is 2.15. The Kier molecular flexibility index (Phi) is 2.92.